The number of carbonyl (C=O) groups excluding carboxylic acids is 2. The maximum Gasteiger partial charge on any atom is 0.415 e. The number of sulfonamides is 1. The van der Waals surface area contributed by atoms with E-state index in [1.54, 1.807) is 17.0 Å². The third-order valence-electron chi connectivity index (χ3n) is 7.42. The van der Waals surface area contributed by atoms with Crippen LogP contribution in [0.2, 0.25) is 0 Å². The first-order chi connectivity index (χ1) is 20.3. The summed E-state index contributed by atoms with van der Waals surface area (Å²) in [5, 5.41) is 11.1. The molecule has 2 amide bonds. The molecule has 0 radical (unpaired) electrons. The largest absolute Gasteiger partial charge is 0.441 e. The fourth-order valence-corrected chi connectivity index (χ4v) is 6.37. The van der Waals surface area contributed by atoms with Gasteiger partial charge in [0.2, 0.25) is 0 Å². The summed E-state index contributed by atoms with van der Waals surface area (Å²) in [6.45, 7) is 7.95. The van der Waals surface area contributed by atoms with Gasteiger partial charge in [0.05, 0.1) is 17.2 Å². The van der Waals surface area contributed by atoms with E-state index in [4.69, 9.17) is 10.5 Å². The van der Waals surface area contributed by atoms with Gasteiger partial charge in [-0.3, -0.25) is 24.7 Å². The molecular formula is C29H32N6O7S. The van der Waals surface area contributed by atoms with Crippen LogP contribution in [-0.4, -0.2) is 68.6 Å². The predicted molar refractivity (Wildman–Crippen MR) is 160 cm³/mol. The maximum atomic E-state index is 12.8. The lowest BCUT2D eigenvalue weighted by Gasteiger charge is -2.36. The average Bonchev–Trinajstić information content (AvgIpc) is 3.25. The molecule has 13 nitrogen and oxygen atoms in total. The molecule has 2 saturated heterocycles. The molecule has 2 aliphatic rings. The number of hydrogen-bond donors (Lipinski definition) is 2. The van der Waals surface area contributed by atoms with Crippen LogP contribution < -0.4 is 20.3 Å². The zero-order chi connectivity index (χ0) is 30.9. The van der Waals surface area contributed by atoms with Crippen molar-refractivity contribution in [2.45, 2.75) is 30.9 Å². The number of rotatable bonds is 8. The van der Waals surface area contributed by atoms with E-state index in [0.717, 1.165) is 55.2 Å². The van der Waals surface area contributed by atoms with E-state index in [-0.39, 0.29) is 11.7 Å². The predicted octanol–water partition coefficient (Wildman–Crippen LogP) is 3.35. The maximum absolute atomic E-state index is 12.8. The van der Waals surface area contributed by atoms with Gasteiger partial charge in [-0.25, -0.2) is 17.9 Å². The molecule has 3 aromatic rings. The quantitative estimate of drug-likeness (QED) is 0.220. The van der Waals surface area contributed by atoms with Crippen LogP contribution in [0, 0.1) is 10.1 Å². The third-order valence-corrected chi connectivity index (χ3v) is 8.81. The Balaban J connectivity index is 1.19. The molecule has 14 heteroatoms. The lowest BCUT2D eigenvalue weighted by molar-refractivity contribution is -0.384. The van der Waals surface area contributed by atoms with E-state index in [1.165, 1.54) is 18.2 Å². The standard InChI is InChI=1S/C29H32N6O7S/c1-29(2)19-34(28(37)42-29)23-7-4-3-6-21(23)18-32-14-16-33(17-15-32)22-12-10-20(11-13-22)27(36)31-43(40,41)25-9-5-8-24(26(25)30)35(38)39/h3-13H,14-19,30H2,1-2H3,(H,31,36). The lowest BCUT2D eigenvalue weighted by atomic mass is 10.1. The van der Waals surface area contributed by atoms with E-state index >= 15 is 0 Å². The molecule has 3 aromatic carbocycles. The molecule has 0 saturated carbocycles. The van der Waals surface area contributed by atoms with E-state index in [9.17, 15) is 28.1 Å². The van der Waals surface area contributed by atoms with Gasteiger partial charge >= 0.3 is 6.09 Å². The zero-order valence-electron chi connectivity index (χ0n) is 23.7. The Morgan fingerprint density at radius 1 is 1.02 bits per heavy atom. The highest BCUT2D eigenvalue weighted by atomic mass is 32.2. The van der Waals surface area contributed by atoms with Crippen molar-refractivity contribution in [3.63, 3.8) is 0 Å². The average molecular weight is 609 g/mol. The number of nitrogens with two attached hydrogens (primary N) is 1. The van der Waals surface area contributed by atoms with Gasteiger partial charge in [-0.05, 0) is 55.8 Å². The number of nitro groups is 1. The molecule has 2 heterocycles. The molecule has 0 atom stereocenters. The summed E-state index contributed by atoms with van der Waals surface area (Å²) < 4.78 is 32.9. The SMILES string of the molecule is CC1(C)CN(c2ccccc2CN2CCN(c3ccc(C(=O)NS(=O)(=O)c4cccc([N+](=O)[O-])c4N)cc3)CC2)C(=O)O1. The number of nitro benzene ring substituents is 1. The van der Waals surface area contributed by atoms with Crippen LogP contribution in [0.1, 0.15) is 29.8 Å². The van der Waals surface area contributed by atoms with Gasteiger partial charge in [-0.1, -0.05) is 24.3 Å². The molecule has 0 unspecified atom stereocenters. The van der Waals surface area contributed by atoms with Crippen LogP contribution in [0.25, 0.3) is 0 Å². The van der Waals surface area contributed by atoms with Crippen molar-refractivity contribution >= 4 is 44.8 Å². The number of benzene rings is 3. The Morgan fingerprint density at radius 3 is 2.33 bits per heavy atom. The lowest BCUT2D eigenvalue weighted by Crippen LogP contribution is -2.46. The van der Waals surface area contributed by atoms with Crippen molar-refractivity contribution in [1.29, 1.82) is 0 Å². The van der Waals surface area contributed by atoms with Crippen molar-refractivity contribution < 1.29 is 27.7 Å². The number of nitrogens with zero attached hydrogens (tertiary/aromatic N) is 4. The van der Waals surface area contributed by atoms with Gasteiger partial charge in [0.25, 0.3) is 21.6 Å². The van der Waals surface area contributed by atoms with Crippen molar-refractivity contribution in [2.24, 2.45) is 0 Å². The number of nitrogen functional groups attached to an aromatic ring is 1. The van der Waals surface area contributed by atoms with Crippen LogP contribution in [0.3, 0.4) is 0 Å². The first-order valence-corrected chi connectivity index (χ1v) is 15.1. The normalized spacial score (nSPS) is 17.0. The van der Waals surface area contributed by atoms with Gasteiger partial charge in [0, 0.05) is 50.0 Å². The van der Waals surface area contributed by atoms with Crippen LogP contribution in [0.4, 0.5) is 27.5 Å². The second-order valence-electron chi connectivity index (χ2n) is 11.0. The molecular weight excluding hydrogens is 576 g/mol. The summed E-state index contributed by atoms with van der Waals surface area (Å²) in [5.41, 5.74) is 6.92. The van der Waals surface area contributed by atoms with Gasteiger partial charge in [-0.2, -0.15) is 0 Å². The molecule has 0 bridgehead atoms. The van der Waals surface area contributed by atoms with Gasteiger partial charge in [-0.15, -0.1) is 0 Å². The van der Waals surface area contributed by atoms with Crippen LogP contribution in [-0.2, 0) is 21.3 Å². The number of hydrogen-bond acceptors (Lipinski definition) is 10. The zero-order valence-corrected chi connectivity index (χ0v) is 24.5. The fourth-order valence-electron chi connectivity index (χ4n) is 5.25. The first kappa shape index (κ1) is 29.8. The molecule has 2 fully saturated rings. The topological polar surface area (TPSA) is 168 Å². The van der Waals surface area contributed by atoms with Gasteiger partial charge < -0.3 is 15.4 Å². The second kappa shape index (κ2) is 11.5. The summed E-state index contributed by atoms with van der Waals surface area (Å²) in [5.74, 6) is -0.883. The minimum Gasteiger partial charge on any atom is -0.441 e. The Hall–Kier alpha value is -4.69. The summed E-state index contributed by atoms with van der Waals surface area (Å²) in [7, 11) is -4.45. The number of nitrogens with one attached hydrogen (secondary N) is 1. The highest BCUT2D eigenvalue weighted by molar-refractivity contribution is 7.90. The van der Waals surface area contributed by atoms with E-state index in [0.29, 0.717) is 13.1 Å². The molecule has 43 heavy (non-hydrogen) atoms. The highest BCUT2D eigenvalue weighted by Crippen LogP contribution is 2.31. The van der Waals surface area contributed by atoms with Crippen LogP contribution >= 0.6 is 0 Å². The summed E-state index contributed by atoms with van der Waals surface area (Å²) >= 11 is 0. The third kappa shape index (κ3) is 6.39. The van der Waals surface area contributed by atoms with Crippen molar-refractivity contribution in [1.82, 2.24) is 9.62 Å². The first-order valence-electron chi connectivity index (χ1n) is 13.6. The van der Waals surface area contributed by atoms with E-state index in [2.05, 4.69) is 9.80 Å². The molecule has 226 valence electrons. The molecule has 0 aromatic heterocycles. The molecule has 3 N–H and O–H groups in total. The second-order valence-corrected chi connectivity index (χ2v) is 12.7. The van der Waals surface area contributed by atoms with Gasteiger partial charge in [0.1, 0.15) is 16.2 Å². The number of amides is 2. The number of piperazine rings is 1. The molecule has 2 aliphatic heterocycles. The van der Waals surface area contributed by atoms with Crippen LogP contribution in [0.15, 0.2) is 71.6 Å². The van der Waals surface area contributed by atoms with Crippen molar-refractivity contribution in [2.75, 3.05) is 48.3 Å². The number of cyclic esters (lactones) is 1. The van der Waals surface area contributed by atoms with Crippen LogP contribution in [0.5, 0.6) is 0 Å². The fraction of sp³-hybridized carbons (Fsp3) is 0.310. The Bertz CT molecular complexity index is 1670. The summed E-state index contributed by atoms with van der Waals surface area (Å²) in [4.78, 5) is 41.2. The number of anilines is 3. The Kier molecular flexibility index (Phi) is 7.99. The summed E-state index contributed by atoms with van der Waals surface area (Å²) in [6, 6.07) is 17.7. The monoisotopic (exact) mass is 608 g/mol. The molecule has 0 spiro atoms. The van der Waals surface area contributed by atoms with Crippen molar-refractivity contribution in [3.8, 4) is 0 Å². The molecule has 5 rings (SSSR count). The van der Waals surface area contributed by atoms with E-state index in [1.807, 2.05) is 42.8 Å². The van der Waals surface area contributed by atoms with Crippen molar-refractivity contribution in [3.05, 3.63) is 88.0 Å². The minimum absolute atomic E-state index is 0.107. The molecule has 0 aliphatic carbocycles. The summed E-state index contributed by atoms with van der Waals surface area (Å²) in [6.07, 6.45) is -0.342. The Labute approximate surface area is 249 Å². The number of ether oxygens (including phenoxy) is 1. The number of para-hydroxylation sites is 2. The smallest absolute Gasteiger partial charge is 0.415 e. The van der Waals surface area contributed by atoms with Gasteiger partial charge in [0.15, 0.2) is 0 Å². The Morgan fingerprint density at radius 2 is 1.70 bits per heavy atom. The van der Waals surface area contributed by atoms with E-state index < -0.39 is 42.7 Å². The number of carbonyl (C=O) groups is 2. The highest BCUT2D eigenvalue weighted by Gasteiger charge is 2.39. The minimum atomic E-state index is -4.45.